The number of aromatic nitrogens is 2. The second-order valence-corrected chi connectivity index (χ2v) is 2.76. The predicted molar refractivity (Wildman–Crippen MR) is 48.6 cm³/mol. The van der Waals surface area contributed by atoms with E-state index in [1.807, 2.05) is 0 Å². The highest BCUT2D eigenvalue weighted by atomic mass is 16.2. The predicted octanol–water partition coefficient (Wildman–Crippen LogP) is -0.237. The van der Waals surface area contributed by atoms with Gasteiger partial charge in [-0.05, 0) is 6.07 Å². The van der Waals surface area contributed by atoms with Crippen molar-refractivity contribution in [3.05, 3.63) is 22.7 Å². The molecule has 0 aliphatic heterocycles. The summed E-state index contributed by atoms with van der Waals surface area (Å²) in [5, 5.41) is 0. The molecule has 0 aliphatic carbocycles. The number of amides is 1. The Bertz CT molecular complexity index is 383. The number of aryl methyl sites for hydroxylation is 1. The van der Waals surface area contributed by atoms with Crippen molar-refractivity contribution in [1.82, 2.24) is 9.55 Å². The molecule has 0 atom stereocenters. The van der Waals surface area contributed by atoms with Gasteiger partial charge in [0.25, 0.3) is 0 Å². The first-order valence-corrected chi connectivity index (χ1v) is 3.80. The fourth-order valence-corrected chi connectivity index (χ4v) is 0.804. The Morgan fingerprint density at radius 2 is 2.23 bits per heavy atom. The Balaban J connectivity index is 3.11. The standard InChI is InChI=1S/C8H11N3O2/c1-6(12)11(3)7-4-5-10(2)8(13)9-7/h4-5H,1-3H3. The van der Waals surface area contributed by atoms with Gasteiger partial charge in [0, 0.05) is 27.2 Å². The van der Waals surface area contributed by atoms with Crippen LogP contribution in [0.1, 0.15) is 6.92 Å². The van der Waals surface area contributed by atoms with Gasteiger partial charge in [-0.15, -0.1) is 0 Å². The summed E-state index contributed by atoms with van der Waals surface area (Å²) in [4.78, 5) is 27.0. The van der Waals surface area contributed by atoms with Crippen LogP contribution in [-0.2, 0) is 11.8 Å². The molecule has 5 nitrogen and oxygen atoms in total. The van der Waals surface area contributed by atoms with Crippen LogP contribution in [0.5, 0.6) is 0 Å². The number of anilines is 1. The van der Waals surface area contributed by atoms with Crippen LogP contribution in [0.3, 0.4) is 0 Å². The Morgan fingerprint density at radius 3 is 2.69 bits per heavy atom. The summed E-state index contributed by atoms with van der Waals surface area (Å²) in [7, 11) is 3.18. The maximum absolute atomic E-state index is 11.1. The zero-order valence-corrected chi connectivity index (χ0v) is 7.81. The third-order valence-electron chi connectivity index (χ3n) is 1.78. The summed E-state index contributed by atoms with van der Waals surface area (Å²) in [6, 6.07) is 1.61. The van der Waals surface area contributed by atoms with Gasteiger partial charge < -0.3 is 4.57 Å². The van der Waals surface area contributed by atoms with Crippen LogP contribution in [0, 0.1) is 0 Å². The Hall–Kier alpha value is -1.65. The van der Waals surface area contributed by atoms with E-state index in [0.717, 1.165) is 0 Å². The second kappa shape index (κ2) is 3.38. The molecule has 0 unspecified atom stereocenters. The molecule has 1 rings (SSSR count). The van der Waals surface area contributed by atoms with Gasteiger partial charge >= 0.3 is 5.69 Å². The lowest BCUT2D eigenvalue weighted by Gasteiger charge is -2.12. The molecule has 13 heavy (non-hydrogen) atoms. The molecule has 0 fully saturated rings. The fourth-order valence-electron chi connectivity index (χ4n) is 0.804. The van der Waals surface area contributed by atoms with Gasteiger partial charge in [0.1, 0.15) is 5.82 Å². The maximum atomic E-state index is 11.1. The minimum atomic E-state index is -0.370. The highest BCUT2D eigenvalue weighted by molar-refractivity contribution is 5.89. The van der Waals surface area contributed by atoms with Crippen LogP contribution < -0.4 is 10.6 Å². The molecule has 0 bridgehead atoms. The average molecular weight is 181 g/mol. The third kappa shape index (κ3) is 1.93. The quantitative estimate of drug-likeness (QED) is 0.601. The molecule has 1 heterocycles. The summed E-state index contributed by atoms with van der Waals surface area (Å²) in [6.07, 6.45) is 1.57. The first-order valence-electron chi connectivity index (χ1n) is 3.80. The number of hydrogen-bond acceptors (Lipinski definition) is 3. The molecule has 5 heteroatoms. The van der Waals surface area contributed by atoms with Crippen molar-refractivity contribution in [2.24, 2.45) is 7.05 Å². The number of nitrogens with zero attached hydrogens (tertiary/aromatic N) is 3. The molecule has 0 aromatic carbocycles. The lowest BCUT2D eigenvalue weighted by Crippen LogP contribution is -2.28. The number of rotatable bonds is 1. The normalized spacial score (nSPS) is 9.77. The summed E-state index contributed by atoms with van der Waals surface area (Å²) in [6.45, 7) is 1.42. The number of carbonyl (C=O) groups excluding carboxylic acids is 1. The van der Waals surface area contributed by atoms with Gasteiger partial charge in [-0.2, -0.15) is 4.98 Å². The molecule has 0 saturated heterocycles. The van der Waals surface area contributed by atoms with Gasteiger partial charge in [-0.1, -0.05) is 0 Å². The Morgan fingerprint density at radius 1 is 1.62 bits per heavy atom. The zero-order valence-electron chi connectivity index (χ0n) is 7.81. The summed E-state index contributed by atoms with van der Waals surface area (Å²) in [5.41, 5.74) is -0.370. The summed E-state index contributed by atoms with van der Waals surface area (Å²) >= 11 is 0. The molecule has 0 spiro atoms. The summed E-state index contributed by atoms with van der Waals surface area (Å²) < 4.78 is 1.34. The van der Waals surface area contributed by atoms with E-state index in [9.17, 15) is 9.59 Å². The van der Waals surface area contributed by atoms with E-state index < -0.39 is 0 Å². The minimum Gasteiger partial charge on any atom is -0.302 e. The highest BCUT2D eigenvalue weighted by Crippen LogP contribution is 2.03. The molecule has 0 radical (unpaired) electrons. The second-order valence-electron chi connectivity index (χ2n) is 2.76. The smallest absolute Gasteiger partial charge is 0.302 e. The van der Waals surface area contributed by atoms with Crippen molar-refractivity contribution in [3.8, 4) is 0 Å². The van der Waals surface area contributed by atoms with Crippen molar-refractivity contribution >= 4 is 11.7 Å². The van der Waals surface area contributed by atoms with Crippen LogP contribution >= 0.6 is 0 Å². The van der Waals surface area contributed by atoms with Crippen molar-refractivity contribution in [1.29, 1.82) is 0 Å². The summed E-state index contributed by atoms with van der Waals surface area (Å²) in [5.74, 6) is 0.219. The van der Waals surface area contributed by atoms with Crippen molar-refractivity contribution in [3.63, 3.8) is 0 Å². The average Bonchev–Trinajstić information content (AvgIpc) is 2.08. The van der Waals surface area contributed by atoms with Gasteiger partial charge in [0.2, 0.25) is 5.91 Å². The molecule has 70 valence electrons. The van der Waals surface area contributed by atoms with E-state index in [2.05, 4.69) is 4.98 Å². The molecular formula is C8H11N3O2. The molecule has 1 aromatic rings. The fraction of sp³-hybridized carbons (Fsp3) is 0.375. The van der Waals surface area contributed by atoms with E-state index in [-0.39, 0.29) is 11.6 Å². The SMILES string of the molecule is CC(=O)N(C)c1ccn(C)c(=O)n1. The molecule has 1 amide bonds. The Labute approximate surface area is 75.6 Å². The van der Waals surface area contributed by atoms with E-state index in [1.54, 1.807) is 26.4 Å². The first-order chi connectivity index (χ1) is 6.02. The van der Waals surface area contributed by atoms with Crippen molar-refractivity contribution in [2.45, 2.75) is 6.92 Å². The van der Waals surface area contributed by atoms with E-state index in [1.165, 1.54) is 16.4 Å². The van der Waals surface area contributed by atoms with Crippen molar-refractivity contribution < 1.29 is 4.79 Å². The van der Waals surface area contributed by atoms with Gasteiger partial charge in [-0.3, -0.25) is 9.69 Å². The van der Waals surface area contributed by atoms with Gasteiger partial charge in [-0.25, -0.2) is 4.79 Å². The monoisotopic (exact) mass is 181 g/mol. The third-order valence-corrected chi connectivity index (χ3v) is 1.78. The minimum absolute atomic E-state index is 0.152. The van der Waals surface area contributed by atoms with Crippen LogP contribution in [0.4, 0.5) is 5.82 Å². The lowest BCUT2D eigenvalue weighted by atomic mass is 10.5. The largest absolute Gasteiger partial charge is 0.349 e. The molecule has 0 N–H and O–H groups in total. The number of carbonyl (C=O) groups is 1. The van der Waals surface area contributed by atoms with Crippen LogP contribution in [0.25, 0.3) is 0 Å². The van der Waals surface area contributed by atoms with E-state index >= 15 is 0 Å². The molecule has 0 aliphatic rings. The Kier molecular flexibility index (Phi) is 2.46. The lowest BCUT2D eigenvalue weighted by molar-refractivity contribution is -0.116. The van der Waals surface area contributed by atoms with E-state index in [0.29, 0.717) is 5.82 Å². The van der Waals surface area contributed by atoms with Crippen molar-refractivity contribution in [2.75, 3.05) is 11.9 Å². The zero-order chi connectivity index (χ0) is 10.0. The van der Waals surface area contributed by atoms with Gasteiger partial charge in [0.05, 0.1) is 0 Å². The van der Waals surface area contributed by atoms with Crippen LogP contribution in [0.2, 0.25) is 0 Å². The topological polar surface area (TPSA) is 55.2 Å². The molecule has 0 saturated carbocycles. The van der Waals surface area contributed by atoms with Crippen LogP contribution in [0.15, 0.2) is 17.1 Å². The molecular weight excluding hydrogens is 170 g/mol. The number of hydrogen-bond donors (Lipinski definition) is 0. The first kappa shape index (κ1) is 9.44. The van der Waals surface area contributed by atoms with Crippen LogP contribution in [-0.4, -0.2) is 22.5 Å². The van der Waals surface area contributed by atoms with E-state index in [4.69, 9.17) is 0 Å². The highest BCUT2D eigenvalue weighted by Gasteiger charge is 2.06. The van der Waals surface area contributed by atoms with Gasteiger partial charge in [0.15, 0.2) is 0 Å². The molecule has 1 aromatic heterocycles. The maximum Gasteiger partial charge on any atom is 0.349 e.